The summed E-state index contributed by atoms with van der Waals surface area (Å²) in [6, 6.07) is 7.07. The molecule has 0 radical (unpaired) electrons. The Morgan fingerprint density at radius 1 is 1.27 bits per heavy atom. The van der Waals surface area contributed by atoms with Crippen molar-refractivity contribution in [3.05, 3.63) is 71.3 Å². The van der Waals surface area contributed by atoms with Gasteiger partial charge in [-0.3, -0.25) is 14.6 Å². The molecule has 1 aliphatic carbocycles. The monoisotopic (exact) mass is 469 g/mol. The molecule has 0 unspecified atom stereocenters. The summed E-state index contributed by atoms with van der Waals surface area (Å²) in [6.45, 7) is 5.20. The number of piperazine rings is 1. The van der Waals surface area contributed by atoms with Gasteiger partial charge in [0.25, 0.3) is 0 Å². The fourth-order valence-corrected chi connectivity index (χ4v) is 4.57. The van der Waals surface area contributed by atoms with Gasteiger partial charge >= 0.3 is 6.03 Å². The fourth-order valence-electron chi connectivity index (χ4n) is 4.35. The Bertz CT molecular complexity index is 1010. The van der Waals surface area contributed by atoms with Gasteiger partial charge in [0.1, 0.15) is 12.7 Å². The Morgan fingerprint density at radius 2 is 2.12 bits per heavy atom. The van der Waals surface area contributed by atoms with Crippen molar-refractivity contribution in [3.8, 4) is 0 Å². The van der Waals surface area contributed by atoms with E-state index < -0.39 is 6.17 Å². The largest absolute Gasteiger partial charge is 0.333 e. The molecule has 33 heavy (non-hydrogen) atoms. The highest BCUT2D eigenvalue weighted by molar-refractivity contribution is 6.30. The number of fused-ring (bicyclic) bond motifs is 1. The standard InChI is InChI=1S/C24H28ClN5O3/c1-2-11-29(24(33)26-13-18-7-4-3-5-8-18)30-17-23(32)28-16-22(31)27(15-21(28)30)14-19-9-6-10-20(25)12-19/h2-4,6-7,9-10,12,21H,1,5,8,11,13-17H2,(H,26,33)/t21-/m0/s1. The molecule has 4 amide bonds. The number of benzene rings is 1. The Hall–Kier alpha value is -3.10. The first kappa shape index (κ1) is 23.1. The van der Waals surface area contributed by atoms with Crippen molar-refractivity contribution in [2.75, 3.05) is 32.7 Å². The van der Waals surface area contributed by atoms with Crippen LogP contribution in [0.5, 0.6) is 0 Å². The third kappa shape index (κ3) is 5.29. The molecule has 0 bridgehead atoms. The number of hydrogen-bond acceptors (Lipinski definition) is 4. The summed E-state index contributed by atoms with van der Waals surface area (Å²) in [5.41, 5.74) is 2.06. The topological polar surface area (TPSA) is 76.2 Å². The number of carbonyl (C=O) groups excluding carboxylic acids is 3. The first-order valence-electron chi connectivity index (χ1n) is 11.1. The summed E-state index contributed by atoms with van der Waals surface area (Å²) < 4.78 is 0. The van der Waals surface area contributed by atoms with E-state index in [-0.39, 0.29) is 37.5 Å². The minimum absolute atomic E-state index is 0.0106. The van der Waals surface area contributed by atoms with Crippen molar-refractivity contribution < 1.29 is 14.4 Å². The number of allylic oxidation sites excluding steroid dienone is 3. The molecule has 9 heteroatoms. The van der Waals surface area contributed by atoms with Crippen LogP contribution in [0.1, 0.15) is 18.4 Å². The Labute approximate surface area is 198 Å². The smallest absolute Gasteiger partial charge is 0.332 e. The minimum Gasteiger partial charge on any atom is -0.333 e. The van der Waals surface area contributed by atoms with E-state index in [1.807, 2.05) is 30.4 Å². The third-order valence-corrected chi connectivity index (χ3v) is 6.27. The molecule has 2 saturated heterocycles. The molecule has 0 aromatic heterocycles. The average Bonchev–Trinajstić information content (AvgIpc) is 3.11. The number of hydrazine groups is 1. The Kier molecular flexibility index (Phi) is 7.15. The summed E-state index contributed by atoms with van der Waals surface area (Å²) in [4.78, 5) is 41.8. The van der Waals surface area contributed by atoms with E-state index in [4.69, 9.17) is 11.6 Å². The molecular weight excluding hydrogens is 442 g/mol. The number of urea groups is 1. The van der Waals surface area contributed by atoms with Crippen LogP contribution in [-0.2, 0) is 16.1 Å². The van der Waals surface area contributed by atoms with Crippen molar-refractivity contribution in [1.82, 2.24) is 25.1 Å². The van der Waals surface area contributed by atoms with Crippen molar-refractivity contribution >= 4 is 29.4 Å². The Morgan fingerprint density at radius 3 is 2.85 bits per heavy atom. The summed E-state index contributed by atoms with van der Waals surface area (Å²) >= 11 is 6.09. The molecule has 8 nitrogen and oxygen atoms in total. The average molecular weight is 470 g/mol. The zero-order valence-corrected chi connectivity index (χ0v) is 19.2. The van der Waals surface area contributed by atoms with Crippen LogP contribution in [0.3, 0.4) is 0 Å². The lowest BCUT2D eigenvalue weighted by Crippen LogP contribution is -2.62. The van der Waals surface area contributed by atoms with Crippen molar-refractivity contribution in [3.63, 3.8) is 0 Å². The van der Waals surface area contributed by atoms with Gasteiger partial charge in [0.15, 0.2) is 0 Å². The van der Waals surface area contributed by atoms with Crippen LogP contribution >= 0.6 is 11.6 Å². The van der Waals surface area contributed by atoms with E-state index in [0.717, 1.165) is 24.0 Å². The lowest BCUT2D eigenvalue weighted by molar-refractivity contribution is -0.149. The molecule has 3 aliphatic rings. The van der Waals surface area contributed by atoms with Gasteiger partial charge in [-0.05, 0) is 30.5 Å². The van der Waals surface area contributed by atoms with E-state index in [1.165, 1.54) is 5.01 Å². The number of hydrogen-bond donors (Lipinski definition) is 1. The zero-order chi connectivity index (χ0) is 23.4. The predicted molar refractivity (Wildman–Crippen MR) is 126 cm³/mol. The van der Waals surface area contributed by atoms with Crippen molar-refractivity contribution in [2.24, 2.45) is 0 Å². The number of halogens is 1. The van der Waals surface area contributed by atoms with Gasteiger partial charge in [-0.25, -0.2) is 4.79 Å². The maximum absolute atomic E-state index is 13.1. The molecule has 4 rings (SSSR count). The highest BCUT2D eigenvalue weighted by Gasteiger charge is 2.47. The van der Waals surface area contributed by atoms with Gasteiger partial charge in [0, 0.05) is 18.1 Å². The van der Waals surface area contributed by atoms with Gasteiger partial charge in [-0.1, -0.05) is 53.6 Å². The molecular formula is C24H28ClN5O3. The van der Waals surface area contributed by atoms with Gasteiger partial charge in [0.2, 0.25) is 11.8 Å². The molecule has 2 aliphatic heterocycles. The summed E-state index contributed by atoms with van der Waals surface area (Å²) in [7, 11) is 0. The number of carbonyl (C=O) groups is 3. The van der Waals surface area contributed by atoms with Gasteiger partial charge in [-0.2, -0.15) is 5.01 Å². The van der Waals surface area contributed by atoms with Crippen LogP contribution in [0, 0.1) is 0 Å². The van der Waals surface area contributed by atoms with Gasteiger partial charge in [0.05, 0.1) is 19.6 Å². The number of rotatable bonds is 7. The third-order valence-electron chi connectivity index (χ3n) is 6.04. The van der Waals surface area contributed by atoms with Crippen LogP contribution in [0.15, 0.2) is 60.7 Å². The van der Waals surface area contributed by atoms with Crippen molar-refractivity contribution in [1.29, 1.82) is 0 Å². The highest BCUT2D eigenvalue weighted by Crippen LogP contribution is 2.25. The lowest BCUT2D eigenvalue weighted by atomic mass is 10.1. The molecule has 1 aromatic carbocycles. The predicted octanol–water partition coefficient (Wildman–Crippen LogP) is 2.54. The lowest BCUT2D eigenvalue weighted by Gasteiger charge is -2.42. The molecule has 2 heterocycles. The number of amides is 4. The van der Waals surface area contributed by atoms with Crippen LogP contribution in [0.25, 0.3) is 0 Å². The second-order valence-corrected chi connectivity index (χ2v) is 8.76. The second-order valence-electron chi connectivity index (χ2n) is 8.33. The summed E-state index contributed by atoms with van der Waals surface area (Å²) in [5.74, 6) is -0.295. The second kappa shape index (κ2) is 10.2. The van der Waals surface area contributed by atoms with Gasteiger partial charge < -0.3 is 15.1 Å². The summed E-state index contributed by atoms with van der Waals surface area (Å²) in [5, 5.41) is 6.82. The van der Waals surface area contributed by atoms with E-state index in [9.17, 15) is 14.4 Å². The molecule has 1 aromatic rings. The molecule has 174 valence electrons. The maximum Gasteiger partial charge on any atom is 0.332 e. The maximum atomic E-state index is 13.1. The molecule has 0 spiro atoms. The van der Waals surface area contributed by atoms with E-state index in [1.54, 1.807) is 27.0 Å². The van der Waals surface area contributed by atoms with Crippen LogP contribution < -0.4 is 5.32 Å². The van der Waals surface area contributed by atoms with Crippen molar-refractivity contribution in [2.45, 2.75) is 25.6 Å². The first-order valence-corrected chi connectivity index (χ1v) is 11.4. The van der Waals surface area contributed by atoms with E-state index in [0.29, 0.717) is 24.7 Å². The fraction of sp³-hybridized carbons (Fsp3) is 0.375. The molecule has 0 saturated carbocycles. The first-order chi connectivity index (χ1) is 16.0. The van der Waals surface area contributed by atoms with Gasteiger partial charge in [-0.15, -0.1) is 6.58 Å². The van der Waals surface area contributed by atoms with Crippen LogP contribution in [0.4, 0.5) is 4.79 Å². The number of nitrogens with zero attached hydrogens (tertiary/aromatic N) is 4. The SMILES string of the molecule is C=CCN(C(=O)NCC1=CC=CCC1)N1CC(=O)N2CC(=O)N(Cc3cccc(Cl)c3)C[C@@H]21. The number of nitrogens with one attached hydrogen (secondary N) is 1. The molecule has 1 atom stereocenters. The summed E-state index contributed by atoms with van der Waals surface area (Å²) in [6.07, 6.45) is 9.20. The minimum atomic E-state index is -0.420. The van der Waals surface area contributed by atoms with E-state index in [2.05, 4.69) is 18.0 Å². The quantitative estimate of drug-likeness (QED) is 0.623. The van der Waals surface area contributed by atoms with Crippen LogP contribution in [0.2, 0.25) is 5.02 Å². The molecule has 1 N–H and O–H groups in total. The van der Waals surface area contributed by atoms with Crippen LogP contribution in [-0.4, -0.2) is 76.6 Å². The highest BCUT2D eigenvalue weighted by atomic mass is 35.5. The normalized spacial score (nSPS) is 20.5. The molecule has 2 fully saturated rings. The zero-order valence-electron chi connectivity index (χ0n) is 18.5. The van der Waals surface area contributed by atoms with E-state index >= 15 is 0 Å². The Balaban J connectivity index is 1.48.